The number of carbonyl (C=O) groups excluding carboxylic acids is 1. The van der Waals surface area contributed by atoms with Gasteiger partial charge >= 0.3 is 0 Å². The zero-order chi connectivity index (χ0) is 14.3. The molecule has 0 atom stereocenters. The Labute approximate surface area is 129 Å². The summed E-state index contributed by atoms with van der Waals surface area (Å²) in [6.45, 7) is 4.12. The van der Waals surface area contributed by atoms with Crippen LogP contribution in [-0.4, -0.2) is 5.91 Å². The number of unbranched alkanes of at least 4 members (excludes halogenated alkanes) is 4. The topological polar surface area (TPSA) is 29.1 Å². The van der Waals surface area contributed by atoms with Crippen molar-refractivity contribution in [2.75, 3.05) is 5.32 Å². The molecule has 19 heavy (non-hydrogen) atoms. The summed E-state index contributed by atoms with van der Waals surface area (Å²) in [5.74, 6) is 0.0529. The second-order valence-electron chi connectivity index (χ2n) is 4.79. The Morgan fingerprint density at radius 2 is 1.95 bits per heavy atom. The van der Waals surface area contributed by atoms with Gasteiger partial charge < -0.3 is 5.32 Å². The van der Waals surface area contributed by atoms with Crippen LogP contribution in [-0.2, 0) is 4.79 Å². The fraction of sp³-hybridized carbons (Fsp3) is 0.533. The molecule has 0 radical (unpaired) electrons. The molecular weight excluding hydrogens is 326 g/mol. The summed E-state index contributed by atoms with van der Waals surface area (Å²) in [6, 6.07) is 3.70. The molecule has 0 aliphatic heterocycles. The Morgan fingerprint density at radius 1 is 1.26 bits per heavy atom. The van der Waals surface area contributed by atoms with Gasteiger partial charge in [0.1, 0.15) is 0 Å². The van der Waals surface area contributed by atoms with Crippen molar-refractivity contribution in [3.63, 3.8) is 0 Å². The zero-order valence-electron chi connectivity index (χ0n) is 11.6. The van der Waals surface area contributed by atoms with E-state index in [1.807, 2.05) is 13.0 Å². The maximum atomic E-state index is 11.8. The predicted octanol–water partition coefficient (Wildman–Crippen LogP) is 5.71. The van der Waals surface area contributed by atoms with Crippen LogP contribution in [0.5, 0.6) is 0 Å². The average Bonchev–Trinajstić information content (AvgIpc) is 2.35. The van der Waals surface area contributed by atoms with Gasteiger partial charge in [0.05, 0.1) is 5.69 Å². The lowest BCUT2D eigenvalue weighted by Gasteiger charge is -2.09. The molecule has 1 aromatic carbocycles. The van der Waals surface area contributed by atoms with Gasteiger partial charge in [-0.25, -0.2) is 0 Å². The second kappa shape index (κ2) is 8.60. The van der Waals surface area contributed by atoms with E-state index >= 15 is 0 Å². The Balaban J connectivity index is 2.42. The van der Waals surface area contributed by atoms with Crippen molar-refractivity contribution in [2.24, 2.45) is 0 Å². The van der Waals surface area contributed by atoms with E-state index in [0.29, 0.717) is 11.4 Å². The first kappa shape index (κ1) is 16.5. The minimum Gasteiger partial charge on any atom is -0.325 e. The minimum absolute atomic E-state index is 0.0529. The van der Waals surface area contributed by atoms with Gasteiger partial charge in [0, 0.05) is 15.9 Å². The molecule has 1 amide bonds. The number of carbonyl (C=O) groups is 1. The summed E-state index contributed by atoms with van der Waals surface area (Å²) in [4.78, 5) is 11.8. The van der Waals surface area contributed by atoms with Gasteiger partial charge in [0.15, 0.2) is 0 Å². The van der Waals surface area contributed by atoms with E-state index in [4.69, 9.17) is 11.6 Å². The molecule has 0 aliphatic rings. The van der Waals surface area contributed by atoms with Crippen LogP contribution in [0.2, 0.25) is 5.02 Å². The summed E-state index contributed by atoms with van der Waals surface area (Å²) in [7, 11) is 0. The van der Waals surface area contributed by atoms with Crippen molar-refractivity contribution < 1.29 is 4.79 Å². The maximum Gasteiger partial charge on any atom is 0.224 e. The Hall–Kier alpha value is -0.540. The molecule has 4 heteroatoms. The Bertz CT molecular complexity index is 434. The summed E-state index contributed by atoms with van der Waals surface area (Å²) < 4.78 is 0.869. The molecule has 0 aliphatic carbocycles. The average molecular weight is 347 g/mol. The molecule has 1 N–H and O–H groups in total. The summed E-state index contributed by atoms with van der Waals surface area (Å²) in [6.07, 6.45) is 6.33. The van der Waals surface area contributed by atoms with E-state index in [9.17, 15) is 4.79 Å². The van der Waals surface area contributed by atoms with Gasteiger partial charge in [-0.3, -0.25) is 4.79 Å². The van der Waals surface area contributed by atoms with Crippen molar-refractivity contribution in [1.82, 2.24) is 0 Å². The quantitative estimate of drug-likeness (QED) is 0.629. The molecule has 0 spiro atoms. The molecule has 0 saturated carbocycles. The van der Waals surface area contributed by atoms with Crippen LogP contribution in [0.4, 0.5) is 5.69 Å². The van der Waals surface area contributed by atoms with E-state index in [1.54, 1.807) is 6.07 Å². The van der Waals surface area contributed by atoms with E-state index < -0.39 is 0 Å². The molecule has 1 rings (SSSR count). The molecule has 0 aromatic heterocycles. The lowest BCUT2D eigenvalue weighted by atomic mass is 10.1. The van der Waals surface area contributed by atoms with Crippen molar-refractivity contribution in [1.29, 1.82) is 0 Å². The minimum atomic E-state index is 0.0529. The Kier molecular flexibility index (Phi) is 7.47. The fourth-order valence-corrected chi connectivity index (χ4v) is 2.56. The van der Waals surface area contributed by atoms with E-state index in [-0.39, 0.29) is 5.91 Å². The zero-order valence-corrected chi connectivity index (χ0v) is 13.9. The highest BCUT2D eigenvalue weighted by molar-refractivity contribution is 9.10. The van der Waals surface area contributed by atoms with Gasteiger partial charge in [-0.15, -0.1) is 0 Å². The third-order valence-corrected chi connectivity index (χ3v) is 4.09. The lowest BCUT2D eigenvalue weighted by Crippen LogP contribution is -2.11. The molecule has 0 unspecified atom stereocenters. The Morgan fingerprint density at radius 3 is 2.63 bits per heavy atom. The van der Waals surface area contributed by atoms with Gasteiger partial charge in [0.25, 0.3) is 0 Å². The van der Waals surface area contributed by atoms with E-state index in [2.05, 4.69) is 28.2 Å². The van der Waals surface area contributed by atoms with Crippen LogP contribution < -0.4 is 5.32 Å². The van der Waals surface area contributed by atoms with Gasteiger partial charge in [-0.1, -0.05) is 44.2 Å². The molecule has 0 bridgehead atoms. The number of anilines is 1. The monoisotopic (exact) mass is 345 g/mol. The molecular formula is C15H21BrClNO. The smallest absolute Gasteiger partial charge is 0.224 e. The first-order valence-corrected chi connectivity index (χ1v) is 7.97. The normalized spacial score (nSPS) is 10.5. The van der Waals surface area contributed by atoms with Crippen LogP contribution in [0, 0.1) is 6.92 Å². The van der Waals surface area contributed by atoms with E-state index in [0.717, 1.165) is 28.6 Å². The third-order valence-electron chi connectivity index (χ3n) is 3.03. The van der Waals surface area contributed by atoms with Gasteiger partial charge in [-0.2, -0.15) is 0 Å². The van der Waals surface area contributed by atoms with Crippen LogP contribution in [0.3, 0.4) is 0 Å². The third kappa shape index (κ3) is 5.96. The number of hydrogen-bond acceptors (Lipinski definition) is 1. The summed E-state index contributed by atoms with van der Waals surface area (Å²) >= 11 is 9.50. The number of aryl methyl sites for hydroxylation is 1. The number of nitrogens with one attached hydrogen (secondary N) is 1. The largest absolute Gasteiger partial charge is 0.325 e. The molecule has 106 valence electrons. The van der Waals surface area contributed by atoms with Gasteiger partial charge in [0.2, 0.25) is 5.91 Å². The van der Waals surface area contributed by atoms with Gasteiger partial charge in [-0.05, 0) is 47.0 Å². The second-order valence-corrected chi connectivity index (χ2v) is 6.06. The predicted molar refractivity (Wildman–Crippen MR) is 85.9 cm³/mol. The van der Waals surface area contributed by atoms with Crippen molar-refractivity contribution in [3.05, 3.63) is 27.2 Å². The van der Waals surface area contributed by atoms with Crippen molar-refractivity contribution in [2.45, 2.75) is 52.4 Å². The number of benzene rings is 1. The molecule has 2 nitrogen and oxygen atoms in total. The van der Waals surface area contributed by atoms with Crippen LogP contribution in [0.1, 0.15) is 51.0 Å². The summed E-state index contributed by atoms with van der Waals surface area (Å²) in [5, 5.41) is 3.57. The summed E-state index contributed by atoms with van der Waals surface area (Å²) in [5.41, 5.74) is 1.74. The van der Waals surface area contributed by atoms with E-state index in [1.165, 1.54) is 19.3 Å². The highest BCUT2D eigenvalue weighted by Gasteiger charge is 2.08. The molecule has 0 saturated heterocycles. The van der Waals surface area contributed by atoms with Crippen molar-refractivity contribution >= 4 is 39.1 Å². The highest BCUT2D eigenvalue weighted by Crippen LogP contribution is 2.29. The number of hydrogen-bond donors (Lipinski definition) is 1. The fourth-order valence-electron chi connectivity index (χ4n) is 1.84. The molecule has 0 fully saturated rings. The number of rotatable bonds is 7. The van der Waals surface area contributed by atoms with Crippen molar-refractivity contribution in [3.8, 4) is 0 Å². The number of halogens is 2. The van der Waals surface area contributed by atoms with Crippen LogP contribution in [0.15, 0.2) is 16.6 Å². The van der Waals surface area contributed by atoms with Crippen LogP contribution in [0.25, 0.3) is 0 Å². The van der Waals surface area contributed by atoms with Crippen LogP contribution >= 0.6 is 27.5 Å². The number of amides is 1. The first-order chi connectivity index (χ1) is 9.04. The lowest BCUT2D eigenvalue weighted by molar-refractivity contribution is -0.116. The highest BCUT2D eigenvalue weighted by atomic mass is 79.9. The SMILES string of the molecule is CCCCCCCC(=O)Nc1cc(Cl)c(C)cc1Br. The maximum absolute atomic E-state index is 11.8. The first-order valence-electron chi connectivity index (χ1n) is 6.80. The molecule has 1 aromatic rings. The standard InChI is InChI=1S/C15H21BrClNO/c1-3-4-5-6-7-8-15(19)18-14-10-13(17)11(2)9-12(14)16/h9-10H,3-8H2,1-2H3,(H,18,19). The molecule has 0 heterocycles.